The summed E-state index contributed by atoms with van der Waals surface area (Å²) < 4.78 is 0. The van der Waals surface area contributed by atoms with E-state index in [0.717, 1.165) is 36.5 Å². The predicted molar refractivity (Wildman–Crippen MR) is 81.7 cm³/mol. The van der Waals surface area contributed by atoms with Crippen LogP contribution in [-0.2, 0) is 4.79 Å². The highest BCUT2D eigenvalue weighted by Gasteiger charge is 2.30. The summed E-state index contributed by atoms with van der Waals surface area (Å²) in [4.78, 5) is 16.1. The van der Waals surface area contributed by atoms with Gasteiger partial charge in [0.25, 0.3) is 0 Å². The minimum atomic E-state index is -0.0147. The van der Waals surface area contributed by atoms with E-state index in [4.69, 9.17) is 11.6 Å². The van der Waals surface area contributed by atoms with Gasteiger partial charge in [0.15, 0.2) is 0 Å². The van der Waals surface area contributed by atoms with E-state index < -0.39 is 0 Å². The summed E-state index contributed by atoms with van der Waals surface area (Å²) in [6, 6.07) is 7.69. The maximum atomic E-state index is 12.0. The summed E-state index contributed by atoms with van der Waals surface area (Å²) in [7, 11) is 4.14. The first kappa shape index (κ1) is 15.3. The van der Waals surface area contributed by atoms with Gasteiger partial charge in [-0.3, -0.25) is 10.1 Å². The highest BCUT2D eigenvalue weighted by molar-refractivity contribution is 6.30. The van der Waals surface area contributed by atoms with E-state index in [1.807, 2.05) is 29.2 Å². The first-order chi connectivity index (χ1) is 9.58. The van der Waals surface area contributed by atoms with E-state index >= 15 is 0 Å². The van der Waals surface area contributed by atoms with Crippen LogP contribution in [0.3, 0.4) is 0 Å². The molecule has 4 nitrogen and oxygen atoms in total. The molecule has 1 heterocycles. The van der Waals surface area contributed by atoms with Crippen molar-refractivity contribution in [3.8, 4) is 0 Å². The SMILES string of the molecule is CN(C)CCCCN1C(=O)CNC1c1ccc(Cl)cc1. The van der Waals surface area contributed by atoms with Gasteiger partial charge in [-0.05, 0) is 51.2 Å². The molecule has 0 bridgehead atoms. The molecule has 1 unspecified atom stereocenters. The van der Waals surface area contributed by atoms with E-state index in [1.54, 1.807) is 0 Å². The average molecular weight is 296 g/mol. The van der Waals surface area contributed by atoms with Crippen LogP contribution in [0.2, 0.25) is 5.02 Å². The highest BCUT2D eigenvalue weighted by atomic mass is 35.5. The smallest absolute Gasteiger partial charge is 0.238 e. The third-order valence-electron chi connectivity index (χ3n) is 3.52. The van der Waals surface area contributed by atoms with Crippen molar-refractivity contribution in [3.05, 3.63) is 34.9 Å². The standard InChI is InChI=1S/C15H22ClN3O/c1-18(2)9-3-4-10-19-14(20)11-17-15(19)12-5-7-13(16)8-6-12/h5-8,15,17H,3-4,9-11H2,1-2H3. The number of nitrogens with zero attached hydrogens (tertiary/aromatic N) is 2. The van der Waals surface area contributed by atoms with E-state index in [2.05, 4.69) is 24.3 Å². The van der Waals surface area contributed by atoms with Crippen LogP contribution in [-0.4, -0.2) is 49.4 Å². The largest absolute Gasteiger partial charge is 0.322 e. The molecule has 1 atom stereocenters. The Morgan fingerprint density at radius 3 is 2.65 bits per heavy atom. The molecule has 20 heavy (non-hydrogen) atoms. The number of hydrogen-bond donors (Lipinski definition) is 1. The molecule has 0 spiro atoms. The molecule has 0 aromatic heterocycles. The minimum Gasteiger partial charge on any atom is -0.322 e. The molecule has 1 aromatic rings. The summed E-state index contributed by atoms with van der Waals surface area (Å²) in [6.45, 7) is 2.27. The van der Waals surface area contributed by atoms with Crippen molar-refractivity contribution in [1.82, 2.24) is 15.1 Å². The Hall–Kier alpha value is -1.10. The molecule has 1 amide bonds. The number of carbonyl (C=O) groups is 1. The van der Waals surface area contributed by atoms with Crippen molar-refractivity contribution in [2.75, 3.05) is 33.7 Å². The number of carbonyl (C=O) groups excluding carboxylic acids is 1. The lowest BCUT2D eigenvalue weighted by atomic mass is 10.1. The Kier molecular flexibility index (Phi) is 5.40. The van der Waals surface area contributed by atoms with Crippen LogP contribution in [0.5, 0.6) is 0 Å². The first-order valence-corrected chi connectivity index (χ1v) is 7.39. The van der Waals surface area contributed by atoms with Crippen LogP contribution in [0.4, 0.5) is 0 Å². The van der Waals surface area contributed by atoms with Gasteiger partial charge in [0.2, 0.25) is 5.91 Å². The van der Waals surface area contributed by atoms with Gasteiger partial charge in [0, 0.05) is 11.6 Å². The second-order valence-corrected chi connectivity index (χ2v) is 5.87. The maximum Gasteiger partial charge on any atom is 0.238 e. The summed E-state index contributed by atoms with van der Waals surface area (Å²) in [5.74, 6) is 0.176. The molecular weight excluding hydrogens is 274 g/mol. The quantitative estimate of drug-likeness (QED) is 0.817. The number of hydrogen-bond acceptors (Lipinski definition) is 3. The fourth-order valence-corrected chi connectivity index (χ4v) is 2.57. The van der Waals surface area contributed by atoms with Crippen LogP contribution in [0, 0.1) is 0 Å². The summed E-state index contributed by atoms with van der Waals surface area (Å²) in [5.41, 5.74) is 1.09. The van der Waals surface area contributed by atoms with Crippen molar-refractivity contribution in [3.63, 3.8) is 0 Å². The molecule has 0 aliphatic carbocycles. The minimum absolute atomic E-state index is 0.0147. The molecule has 1 aliphatic heterocycles. The van der Waals surface area contributed by atoms with Gasteiger partial charge in [-0.15, -0.1) is 0 Å². The zero-order valence-corrected chi connectivity index (χ0v) is 12.9. The van der Waals surface area contributed by atoms with Crippen LogP contribution < -0.4 is 5.32 Å². The molecule has 110 valence electrons. The van der Waals surface area contributed by atoms with Crippen LogP contribution in [0.25, 0.3) is 0 Å². The summed E-state index contributed by atoms with van der Waals surface area (Å²) >= 11 is 5.91. The van der Waals surface area contributed by atoms with Gasteiger partial charge in [0.1, 0.15) is 6.17 Å². The zero-order valence-electron chi connectivity index (χ0n) is 12.1. The summed E-state index contributed by atoms with van der Waals surface area (Å²) in [5, 5.41) is 3.98. The summed E-state index contributed by atoms with van der Waals surface area (Å²) in [6.07, 6.45) is 2.11. The van der Waals surface area contributed by atoms with Crippen molar-refractivity contribution in [2.24, 2.45) is 0 Å². The second kappa shape index (κ2) is 7.07. The number of rotatable bonds is 6. The Balaban J connectivity index is 1.94. The van der Waals surface area contributed by atoms with Gasteiger partial charge < -0.3 is 9.80 Å². The van der Waals surface area contributed by atoms with Crippen molar-refractivity contribution in [2.45, 2.75) is 19.0 Å². The molecule has 1 aromatic carbocycles. The number of unbranched alkanes of at least 4 members (excludes halogenated alkanes) is 1. The van der Waals surface area contributed by atoms with E-state index in [9.17, 15) is 4.79 Å². The number of nitrogens with one attached hydrogen (secondary N) is 1. The predicted octanol–water partition coefficient (Wildman–Crippen LogP) is 2.11. The Morgan fingerprint density at radius 2 is 2.00 bits per heavy atom. The zero-order chi connectivity index (χ0) is 14.5. The average Bonchev–Trinajstić information content (AvgIpc) is 2.77. The molecule has 1 N–H and O–H groups in total. The van der Waals surface area contributed by atoms with Gasteiger partial charge >= 0.3 is 0 Å². The molecule has 2 rings (SSSR count). The normalized spacial score (nSPS) is 19.1. The monoisotopic (exact) mass is 295 g/mol. The molecule has 0 radical (unpaired) electrons. The number of benzene rings is 1. The molecule has 1 saturated heterocycles. The molecule has 1 fully saturated rings. The Bertz CT molecular complexity index is 447. The van der Waals surface area contributed by atoms with Crippen LogP contribution >= 0.6 is 11.6 Å². The molecule has 5 heteroatoms. The fourth-order valence-electron chi connectivity index (χ4n) is 2.45. The Labute approximate surface area is 125 Å². The van der Waals surface area contributed by atoms with Crippen molar-refractivity contribution in [1.29, 1.82) is 0 Å². The van der Waals surface area contributed by atoms with Crippen molar-refractivity contribution < 1.29 is 4.79 Å². The van der Waals surface area contributed by atoms with Gasteiger partial charge in [-0.2, -0.15) is 0 Å². The van der Waals surface area contributed by atoms with Gasteiger partial charge in [-0.1, -0.05) is 23.7 Å². The Morgan fingerprint density at radius 1 is 1.30 bits per heavy atom. The molecular formula is C15H22ClN3O. The fraction of sp³-hybridized carbons (Fsp3) is 0.533. The molecule has 0 saturated carbocycles. The van der Waals surface area contributed by atoms with Crippen molar-refractivity contribution >= 4 is 17.5 Å². The second-order valence-electron chi connectivity index (χ2n) is 5.43. The topological polar surface area (TPSA) is 35.6 Å². The number of halogens is 1. The lowest BCUT2D eigenvalue weighted by Gasteiger charge is -2.25. The lowest BCUT2D eigenvalue weighted by Crippen LogP contribution is -2.31. The third kappa shape index (κ3) is 3.95. The first-order valence-electron chi connectivity index (χ1n) is 7.01. The van der Waals surface area contributed by atoms with Crippen LogP contribution in [0.1, 0.15) is 24.6 Å². The molecule has 1 aliphatic rings. The van der Waals surface area contributed by atoms with E-state index in [-0.39, 0.29) is 12.1 Å². The van der Waals surface area contributed by atoms with E-state index in [0.29, 0.717) is 6.54 Å². The van der Waals surface area contributed by atoms with E-state index in [1.165, 1.54) is 0 Å². The lowest BCUT2D eigenvalue weighted by molar-refractivity contribution is -0.128. The van der Waals surface area contributed by atoms with Gasteiger partial charge in [0.05, 0.1) is 6.54 Å². The number of amides is 1. The van der Waals surface area contributed by atoms with Gasteiger partial charge in [-0.25, -0.2) is 0 Å². The van der Waals surface area contributed by atoms with Crippen LogP contribution in [0.15, 0.2) is 24.3 Å². The highest BCUT2D eigenvalue weighted by Crippen LogP contribution is 2.24. The maximum absolute atomic E-state index is 12.0. The third-order valence-corrected chi connectivity index (χ3v) is 3.77.